The molecule has 0 spiro atoms. The second-order valence-corrected chi connectivity index (χ2v) is 3.18. The molecule has 0 rings (SSSR count). The van der Waals surface area contributed by atoms with Crippen LogP contribution in [-0.4, -0.2) is 37.5 Å². The monoisotopic (exact) mass is 175 g/mol. The summed E-state index contributed by atoms with van der Waals surface area (Å²) in [7, 11) is 1.71. The van der Waals surface area contributed by atoms with Crippen LogP contribution in [0.2, 0.25) is 0 Å². The van der Waals surface area contributed by atoms with E-state index in [1.54, 1.807) is 14.0 Å². The van der Waals surface area contributed by atoms with E-state index in [9.17, 15) is 0 Å². The highest BCUT2D eigenvalue weighted by molar-refractivity contribution is 4.65. The van der Waals surface area contributed by atoms with Crippen LogP contribution in [-0.2, 0) is 4.74 Å². The van der Waals surface area contributed by atoms with Crippen molar-refractivity contribution in [1.29, 1.82) is 0 Å². The Morgan fingerprint density at radius 3 is 2.50 bits per heavy atom. The van der Waals surface area contributed by atoms with Crippen molar-refractivity contribution < 1.29 is 9.84 Å². The van der Waals surface area contributed by atoms with E-state index in [1.807, 2.05) is 6.92 Å². The second kappa shape index (κ2) is 7.53. The zero-order valence-electron chi connectivity index (χ0n) is 8.34. The van der Waals surface area contributed by atoms with Gasteiger partial charge in [-0.15, -0.1) is 0 Å². The molecule has 0 amide bonds. The molecule has 0 aromatic carbocycles. The fourth-order valence-corrected chi connectivity index (χ4v) is 0.872. The van der Waals surface area contributed by atoms with Gasteiger partial charge in [-0.3, -0.25) is 0 Å². The van der Waals surface area contributed by atoms with Crippen molar-refractivity contribution in [3.63, 3.8) is 0 Å². The van der Waals surface area contributed by atoms with Crippen molar-refractivity contribution in [3.05, 3.63) is 0 Å². The molecule has 0 aromatic heterocycles. The van der Waals surface area contributed by atoms with E-state index in [0.29, 0.717) is 0 Å². The van der Waals surface area contributed by atoms with E-state index in [2.05, 4.69) is 5.32 Å². The summed E-state index contributed by atoms with van der Waals surface area (Å²) in [4.78, 5) is 0. The Kier molecular flexibility index (Phi) is 7.45. The van der Waals surface area contributed by atoms with Crippen LogP contribution in [0.5, 0.6) is 0 Å². The lowest BCUT2D eigenvalue weighted by Gasteiger charge is -2.16. The summed E-state index contributed by atoms with van der Waals surface area (Å²) in [5.74, 6) is 0. The topological polar surface area (TPSA) is 41.5 Å². The SMILES string of the molecule is COCCCCNC(C)C(C)O. The minimum Gasteiger partial charge on any atom is -0.392 e. The predicted octanol–water partition coefficient (Wildman–Crippen LogP) is 0.772. The average molecular weight is 175 g/mol. The Morgan fingerprint density at radius 1 is 1.33 bits per heavy atom. The smallest absolute Gasteiger partial charge is 0.0662 e. The highest BCUT2D eigenvalue weighted by atomic mass is 16.5. The largest absolute Gasteiger partial charge is 0.392 e. The van der Waals surface area contributed by atoms with Crippen LogP contribution in [0.3, 0.4) is 0 Å². The summed E-state index contributed by atoms with van der Waals surface area (Å²) in [6.45, 7) is 5.56. The molecule has 0 bridgehead atoms. The lowest BCUT2D eigenvalue weighted by Crippen LogP contribution is -2.36. The van der Waals surface area contributed by atoms with Gasteiger partial charge in [0.05, 0.1) is 6.10 Å². The summed E-state index contributed by atoms with van der Waals surface area (Å²) < 4.78 is 4.92. The number of unbranched alkanes of at least 4 members (excludes halogenated alkanes) is 1. The van der Waals surface area contributed by atoms with Crippen LogP contribution in [0.15, 0.2) is 0 Å². The molecule has 3 nitrogen and oxygen atoms in total. The minimum atomic E-state index is -0.271. The summed E-state index contributed by atoms with van der Waals surface area (Å²) in [6, 6.07) is 0.188. The minimum absolute atomic E-state index is 0.188. The molecule has 0 aliphatic carbocycles. The number of rotatable bonds is 7. The fraction of sp³-hybridized carbons (Fsp3) is 1.00. The van der Waals surface area contributed by atoms with Crippen molar-refractivity contribution in [1.82, 2.24) is 5.32 Å². The zero-order chi connectivity index (χ0) is 9.40. The van der Waals surface area contributed by atoms with Crippen LogP contribution in [0.25, 0.3) is 0 Å². The Bertz CT molecular complexity index is 96.5. The van der Waals surface area contributed by atoms with E-state index < -0.39 is 0 Å². The molecule has 0 heterocycles. The van der Waals surface area contributed by atoms with E-state index in [4.69, 9.17) is 9.84 Å². The van der Waals surface area contributed by atoms with Gasteiger partial charge in [-0.1, -0.05) is 0 Å². The van der Waals surface area contributed by atoms with Gasteiger partial charge in [-0.05, 0) is 33.2 Å². The van der Waals surface area contributed by atoms with Gasteiger partial charge in [0.2, 0.25) is 0 Å². The van der Waals surface area contributed by atoms with Gasteiger partial charge in [0.1, 0.15) is 0 Å². The molecule has 0 aliphatic rings. The molecule has 0 radical (unpaired) electrons. The Balaban J connectivity index is 3.08. The average Bonchev–Trinajstić information content (AvgIpc) is 2.03. The number of ether oxygens (including phenoxy) is 1. The van der Waals surface area contributed by atoms with Gasteiger partial charge in [-0.25, -0.2) is 0 Å². The summed E-state index contributed by atoms with van der Waals surface area (Å²) in [5, 5.41) is 12.4. The summed E-state index contributed by atoms with van der Waals surface area (Å²) in [5.41, 5.74) is 0. The van der Waals surface area contributed by atoms with Gasteiger partial charge in [0.15, 0.2) is 0 Å². The quantitative estimate of drug-likeness (QED) is 0.562. The molecule has 3 heteroatoms. The van der Waals surface area contributed by atoms with Crippen molar-refractivity contribution in [2.24, 2.45) is 0 Å². The van der Waals surface area contributed by atoms with E-state index >= 15 is 0 Å². The highest BCUT2D eigenvalue weighted by Crippen LogP contribution is 1.92. The maximum Gasteiger partial charge on any atom is 0.0662 e. The van der Waals surface area contributed by atoms with Gasteiger partial charge < -0.3 is 15.2 Å². The van der Waals surface area contributed by atoms with Gasteiger partial charge in [-0.2, -0.15) is 0 Å². The first kappa shape index (κ1) is 11.9. The van der Waals surface area contributed by atoms with Crippen molar-refractivity contribution in [2.75, 3.05) is 20.3 Å². The van der Waals surface area contributed by atoms with Crippen molar-refractivity contribution in [3.8, 4) is 0 Å². The van der Waals surface area contributed by atoms with Crippen LogP contribution in [0.1, 0.15) is 26.7 Å². The number of aliphatic hydroxyl groups is 1. The maximum atomic E-state index is 9.14. The third-order valence-electron chi connectivity index (χ3n) is 1.97. The standard InChI is InChI=1S/C9H21NO2/c1-8(9(2)11)10-6-4-5-7-12-3/h8-11H,4-7H2,1-3H3. The zero-order valence-corrected chi connectivity index (χ0v) is 8.34. The molecule has 74 valence electrons. The third kappa shape index (κ3) is 6.58. The fourth-order valence-electron chi connectivity index (χ4n) is 0.872. The molecule has 0 aliphatic heterocycles. The Hall–Kier alpha value is -0.120. The molecule has 2 atom stereocenters. The molecule has 0 fully saturated rings. The molecule has 0 saturated heterocycles. The molecule has 2 unspecified atom stereocenters. The van der Waals surface area contributed by atoms with Gasteiger partial charge >= 0.3 is 0 Å². The number of hydrogen-bond acceptors (Lipinski definition) is 3. The molecular formula is C9H21NO2. The second-order valence-electron chi connectivity index (χ2n) is 3.18. The highest BCUT2D eigenvalue weighted by Gasteiger charge is 2.05. The van der Waals surface area contributed by atoms with Crippen molar-refractivity contribution >= 4 is 0 Å². The molecule has 12 heavy (non-hydrogen) atoms. The molecule has 0 saturated carbocycles. The lowest BCUT2D eigenvalue weighted by atomic mass is 10.2. The van der Waals surface area contributed by atoms with Crippen LogP contribution in [0.4, 0.5) is 0 Å². The Morgan fingerprint density at radius 2 is 2.00 bits per heavy atom. The van der Waals surface area contributed by atoms with E-state index in [1.165, 1.54) is 0 Å². The predicted molar refractivity (Wildman–Crippen MR) is 50.3 cm³/mol. The first-order valence-electron chi connectivity index (χ1n) is 4.59. The normalized spacial score (nSPS) is 16.0. The number of nitrogens with one attached hydrogen (secondary N) is 1. The number of hydrogen-bond donors (Lipinski definition) is 2. The van der Waals surface area contributed by atoms with E-state index in [0.717, 1.165) is 26.0 Å². The lowest BCUT2D eigenvalue weighted by molar-refractivity contribution is 0.151. The number of methoxy groups -OCH3 is 1. The molecule has 0 aromatic rings. The summed E-state index contributed by atoms with van der Waals surface area (Å²) in [6.07, 6.45) is 1.91. The van der Waals surface area contributed by atoms with Crippen LogP contribution in [0, 0.1) is 0 Å². The number of aliphatic hydroxyl groups excluding tert-OH is 1. The van der Waals surface area contributed by atoms with Gasteiger partial charge in [0.25, 0.3) is 0 Å². The third-order valence-corrected chi connectivity index (χ3v) is 1.97. The summed E-state index contributed by atoms with van der Waals surface area (Å²) >= 11 is 0. The first-order chi connectivity index (χ1) is 5.68. The molecular weight excluding hydrogens is 154 g/mol. The van der Waals surface area contributed by atoms with Gasteiger partial charge in [0, 0.05) is 19.8 Å². The van der Waals surface area contributed by atoms with Crippen LogP contribution >= 0.6 is 0 Å². The first-order valence-corrected chi connectivity index (χ1v) is 4.59. The van der Waals surface area contributed by atoms with E-state index in [-0.39, 0.29) is 12.1 Å². The molecule has 2 N–H and O–H groups in total. The van der Waals surface area contributed by atoms with Crippen LogP contribution < -0.4 is 5.32 Å². The maximum absolute atomic E-state index is 9.14. The van der Waals surface area contributed by atoms with Crippen molar-refractivity contribution in [2.45, 2.75) is 38.8 Å². The Labute approximate surface area is 75.1 Å².